The van der Waals surface area contributed by atoms with Gasteiger partial charge >= 0.3 is 5.97 Å². The number of imidazole rings is 1. The second-order valence-corrected chi connectivity index (χ2v) is 5.48. The van der Waals surface area contributed by atoms with E-state index in [4.69, 9.17) is 4.74 Å². The number of aryl methyl sites for hydroxylation is 1. The van der Waals surface area contributed by atoms with E-state index in [1.165, 1.54) is 7.11 Å². The molecule has 1 fully saturated rings. The highest BCUT2D eigenvalue weighted by Gasteiger charge is 2.38. The van der Waals surface area contributed by atoms with Gasteiger partial charge in [0.1, 0.15) is 6.04 Å². The van der Waals surface area contributed by atoms with Crippen LogP contribution in [0, 0.1) is 5.92 Å². The van der Waals surface area contributed by atoms with Gasteiger partial charge in [0.05, 0.1) is 19.1 Å². The van der Waals surface area contributed by atoms with E-state index in [-0.39, 0.29) is 17.8 Å². The van der Waals surface area contributed by atoms with E-state index in [9.17, 15) is 9.59 Å². The van der Waals surface area contributed by atoms with Crippen molar-refractivity contribution in [3.8, 4) is 0 Å². The highest BCUT2D eigenvalue weighted by molar-refractivity contribution is 5.86. The van der Waals surface area contributed by atoms with Crippen molar-refractivity contribution in [3.63, 3.8) is 0 Å². The first-order valence-corrected chi connectivity index (χ1v) is 7.10. The minimum atomic E-state index is -0.393. The number of fused-ring (bicyclic) bond motifs is 1. The number of likely N-dealkylation sites (tertiary alicyclic amines) is 1. The molecule has 0 radical (unpaired) electrons. The van der Waals surface area contributed by atoms with E-state index >= 15 is 0 Å². The van der Waals surface area contributed by atoms with E-state index in [1.54, 1.807) is 11.2 Å². The Hall–Kier alpha value is -1.85. The van der Waals surface area contributed by atoms with Crippen LogP contribution in [0.15, 0.2) is 6.33 Å². The molecule has 2 heterocycles. The lowest BCUT2D eigenvalue weighted by Gasteiger charge is -2.29. The Bertz CT molecular complexity index is 525. The average Bonchev–Trinajstić information content (AvgIpc) is 3.13. The molecule has 0 saturated carbocycles. The molecule has 2 aliphatic rings. The van der Waals surface area contributed by atoms with E-state index in [0.29, 0.717) is 19.4 Å². The van der Waals surface area contributed by atoms with E-state index < -0.39 is 6.04 Å². The van der Waals surface area contributed by atoms with Crippen LogP contribution >= 0.6 is 0 Å². The lowest BCUT2D eigenvalue weighted by molar-refractivity contribution is -0.152. The molecule has 1 aromatic rings. The van der Waals surface area contributed by atoms with Gasteiger partial charge in [-0.1, -0.05) is 0 Å². The Morgan fingerprint density at radius 2 is 2.30 bits per heavy atom. The van der Waals surface area contributed by atoms with Gasteiger partial charge in [-0.25, -0.2) is 9.78 Å². The van der Waals surface area contributed by atoms with Crippen LogP contribution in [0.5, 0.6) is 0 Å². The quantitative estimate of drug-likeness (QED) is 0.807. The molecule has 20 heavy (non-hydrogen) atoms. The number of carbonyl (C=O) groups is 2. The lowest BCUT2D eigenvalue weighted by atomic mass is 9.88. The van der Waals surface area contributed by atoms with Gasteiger partial charge in [-0.05, 0) is 25.7 Å². The van der Waals surface area contributed by atoms with Crippen molar-refractivity contribution in [1.29, 1.82) is 0 Å². The number of H-pyrrole nitrogens is 1. The molecule has 1 amide bonds. The fourth-order valence-electron chi connectivity index (χ4n) is 3.26. The maximum atomic E-state index is 12.6. The third kappa shape index (κ3) is 2.19. The molecule has 0 aromatic carbocycles. The number of aromatic amines is 1. The predicted molar refractivity (Wildman–Crippen MR) is 70.9 cm³/mol. The zero-order chi connectivity index (χ0) is 14.1. The monoisotopic (exact) mass is 277 g/mol. The van der Waals surface area contributed by atoms with Crippen LogP contribution in [0.4, 0.5) is 0 Å². The first kappa shape index (κ1) is 13.1. The number of nitrogens with one attached hydrogen (secondary N) is 1. The predicted octanol–water partition coefficient (Wildman–Crippen LogP) is 0.679. The summed E-state index contributed by atoms with van der Waals surface area (Å²) in [6.07, 6.45) is 5.59. The average molecular weight is 277 g/mol. The van der Waals surface area contributed by atoms with Crippen LogP contribution in [-0.2, 0) is 27.2 Å². The van der Waals surface area contributed by atoms with Crippen molar-refractivity contribution >= 4 is 11.9 Å². The van der Waals surface area contributed by atoms with Crippen molar-refractivity contribution in [2.75, 3.05) is 13.7 Å². The Balaban J connectivity index is 1.71. The number of hydrogen-bond donors (Lipinski definition) is 1. The van der Waals surface area contributed by atoms with Crippen LogP contribution in [0.2, 0.25) is 0 Å². The van der Waals surface area contributed by atoms with E-state index in [0.717, 1.165) is 30.7 Å². The molecular formula is C14H19N3O3. The minimum absolute atomic E-state index is 0.0480. The SMILES string of the molecule is COC(=O)C1CCCN1C(=O)C1CCc2nc[nH]c2C1. The normalized spacial score (nSPS) is 25.4. The number of nitrogens with zero attached hydrogens (tertiary/aromatic N) is 2. The molecule has 2 atom stereocenters. The number of ether oxygens (including phenoxy) is 1. The standard InChI is InChI=1S/C14H19N3O3/c1-20-14(19)12-3-2-6-17(12)13(18)9-4-5-10-11(7-9)16-8-15-10/h8-9,12H,2-7H2,1H3,(H,15,16). The number of amides is 1. The Morgan fingerprint density at radius 3 is 3.10 bits per heavy atom. The van der Waals surface area contributed by atoms with Gasteiger partial charge in [0.15, 0.2) is 0 Å². The van der Waals surface area contributed by atoms with Crippen LogP contribution in [0.3, 0.4) is 0 Å². The summed E-state index contributed by atoms with van der Waals surface area (Å²) in [5.41, 5.74) is 2.13. The first-order chi connectivity index (χ1) is 9.70. The molecule has 1 aliphatic carbocycles. The fraction of sp³-hybridized carbons (Fsp3) is 0.643. The number of aromatic nitrogens is 2. The minimum Gasteiger partial charge on any atom is -0.467 e. The largest absolute Gasteiger partial charge is 0.467 e. The van der Waals surface area contributed by atoms with Gasteiger partial charge in [-0.15, -0.1) is 0 Å². The summed E-state index contributed by atoms with van der Waals surface area (Å²) in [5.74, 6) is -0.264. The number of esters is 1. The van der Waals surface area contributed by atoms with E-state index in [2.05, 4.69) is 9.97 Å². The number of hydrogen-bond acceptors (Lipinski definition) is 4. The Labute approximate surface area is 117 Å². The molecule has 6 nitrogen and oxygen atoms in total. The topological polar surface area (TPSA) is 75.3 Å². The van der Waals surface area contributed by atoms with Gasteiger partial charge in [0, 0.05) is 24.6 Å². The number of carbonyl (C=O) groups excluding carboxylic acids is 2. The van der Waals surface area contributed by atoms with Crippen molar-refractivity contribution in [2.45, 2.75) is 38.1 Å². The maximum Gasteiger partial charge on any atom is 0.328 e. The third-order valence-electron chi connectivity index (χ3n) is 4.35. The molecule has 2 unspecified atom stereocenters. The summed E-state index contributed by atoms with van der Waals surface area (Å²) in [6.45, 7) is 0.658. The van der Waals surface area contributed by atoms with E-state index in [1.807, 2.05) is 0 Å². The zero-order valence-electron chi connectivity index (χ0n) is 11.6. The molecule has 1 saturated heterocycles. The van der Waals surface area contributed by atoms with Crippen molar-refractivity contribution in [3.05, 3.63) is 17.7 Å². The Morgan fingerprint density at radius 1 is 1.45 bits per heavy atom. The fourth-order valence-corrected chi connectivity index (χ4v) is 3.26. The summed E-state index contributed by atoms with van der Waals surface area (Å²) in [5, 5.41) is 0. The molecule has 1 aromatic heterocycles. The molecule has 6 heteroatoms. The van der Waals surface area contributed by atoms with Crippen LogP contribution in [0.1, 0.15) is 30.7 Å². The smallest absolute Gasteiger partial charge is 0.328 e. The summed E-state index contributed by atoms with van der Waals surface area (Å²) in [7, 11) is 1.38. The molecular weight excluding hydrogens is 258 g/mol. The summed E-state index contributed by atoms with van der Waals surface area (Å²) in [6, 6.07) is -0.393. The van der Waals surface area contributed by atoms with Gasteiger partial charge in [-0.2, -0.15) is 0 Å². The van der Waals surface area contributed by atoms with Crippen molar-refractivity contribution in [1.82, 2.24) is 14.9 Å². The molecule has 1 N–H and O–H groups in total. The summed E-state index contributed by atoms with van der Waals surface area (Å²) >= 11 is 0. The number of methoxy groups -OCH3 is 1. The van der Waals surface area contributed by atoms with Crippen LogP contribution in [0.25, 0.3) is 0 Å². The first-order valence-electron chi connectivity index (χ1n) is 7.10. The second kappa shape index (κ2) is 5.26. The summed E-state index contributed by atoms with van der Waals surface area (Å²) in [4.78, 5) is 33.4. The third-order valence-corrected chi connectivity index (χ3v) is 4.35. The molecule has 1 aliphatic heterocycles. The molecule has 108 valence electrons. The van der Waals surface area contributed by atoms with Crippen LogP contribution in [-0.4, -0.2) is 46.4 Å². The highest BCUT2D eigenvalue weighted by Crippen LogP contribution is 2.28. The van der Waals surface area contributed by atoms with Gasteiger partial charge in [0.25, 0.3) is 0 Å². The lowest BCUT2D eigenvalue weighted by Crippen LogP contribution is -2.45. The summed E-state index contributed by atoms with van der Waals surface area (Å²) < 4.78 is 4.80. The Kier molecular flexibility index (Phi) is 3.46. The van der Waals surface area contributed by atoms with Gasteiger partial charge < -0.3 is 14.6 Å². The van der Waals surface area contributed by atoms with Gasteiger partial charge in [0.2, 0.25) is 5.91 Å². The second-order valence-electron chi connectivity index (χ2n) is 5.48. The zero-order valence-corrected chi connectivity index (χ0v) is 11.6. The van der Waals surface area contributed by atoms with Crippen LogP contribution < -0.4 is 0 Å². The van der Waals surface area contributed by atoms with Gasteiger partial charge in [-0.3, -0.25) is 4.79 Å². The highest BCUT2D eigenvalue weighted by atomic mass is 16.5. The maximum absolute atomic E-state index is 12.6. The molecule has 0 bridgehead atoms. The van der Waals surface area contributed by atoms with Crippen molar-refractivity contribution < 1.29 is 14.3 Å². The molecule has 0 spiro atoms. The number of rotatable bonds is 2. The molecule has 3 rings (SSSR count). The van der Waals surface area contributed by atoms with Crippen molar-refractivity contribution in [2.24, 2.45) is 5.92 Å².